The molecule has 18 heavy (non-hydrogen) atoms. The normalized spacial score (nSPS) is 10.3. The van der Waals surface area contributed by atoms with Gasteiger partial charge in [-0.3, -0.25) is 0 Å². The van der Waals surface area contributed by atoms with Gasteiger partial charge in [-0.25, -0.2) is 0 Å². The first-order valence-electron chi connectivity index (χ1n) is 6.63. The third-order valence-corrected chi connectivity index (χ3v) is 2.87. The van der Waals surface area contributed by atoms with Crippen molar-refractivity contribution >= 4 is 0 Å². The molecular weight excluding hydrogens is 224 g/mol. The van der Waals surface area contributed by atoms with E-state index in [1.165, 1.54) is 24.8 Å². The highest BCUT2D eigenvalue weighted by Crippen LogP contribution is 2.13. The van der Waals surface area contributed by atoms with Gasteiger partial charge in [0.1, 0.15) is 5.75 Å². The second-order valence-electron chi connectivity index (χ2n) is 4.55. The number of unbranched alkanes of at least 4 members (excludes halogenated alkanes) is 2. The lowest BCUT2D eigenvalue weighted by Gasteiger charge is -2.07. The molecule has 0 aliphatic carbocycles. The molecule has 0 amide bonds. The maximum atomic E-state index is 5.65. The molecule has 0 aliphatic heterocycles. The summed E-state index contributed by atoms with van der Waals surface area (Å²) in [6, 6.07) is 7.96. The van der Waals surface area contributed by atoms with Crippen LogP contribution in [-0.4, -0.2) is 13.7 Å². The molecule has 0 fully saturated rings. The summed E-state index contributed by atoms with van der Waals surface area (Å²) in [6.45, 7) is 7.55. The molecule has 100 valence electrons. The zero-order chi connectivity index (χ0) is 13.2. The van der Waals surface area contributed by atoms with Gasteiger partial charge in [-0.1, -0.05) is 44.1 Å². The highest BCUT2D eigenvalue weighted by molar-refractivity contribution is 5.26. The van der Waals surface area contributed by atoms with E-state index < -0.39 is 0 Å². The Labute approximate surface area is 111 Å². The van der Waals surface area contributed by atoms with Crippen LogP contribution in [0.1, 0.15) is 38.2 Å². The topological polar surface area (TPSA) is 18.5 Å². The zero-order valence-electron chi connectivity index (χ0n) is 11.6. The van der Waals surface area contributed by atoms with Crippen LogP contribution in [0.3, 0.4) is 0 Å². The maximum Gasteiger partial charge on any atom is 0.118 e. The Hall–Kier alpha value is -1.28. The Bertz CT molecular complexity index is 341. The summed E-state index contributed by atoms with van der Waals surface area (Å²) in [5.41, 5.74) is 2.36. The fourth-order valence-electron chi connectivity index (χ4n) is 1.73. The second kappa shape index (κ2) is 8.76. The summed E-state index contributed by atoms with van der Waals surface area (Å²) >= 11 is 0. The van der Waals surface area contributed by atoms with E-state index in [9.17, 15) is 0 Å². The fourth-order valence-corrected chi connectivity index (χ4v) is 1.73. The molecule has 0 aliphatic rings. The Morgan fingerprint density at radius 1 is 1.17 bits per heavy atom. The van der Waals surface area contributed by atoms with Crippen molar-refractivity contribution in [1.82, 2.24) is 0 Å². The molecule has 0 bridgehead atoms. The molecule has 2 nitrogen and oxygen atoms in total. The molecule has 0 unspecified atom stereocenters. The summed E-state index contributed by atoms with van der Waals surface area (Å²) in [5.74, 6) is 0.878. The smallest absolute Gasteiger partial charge is 0.118 e. The number of hydrogen-bond acceptors (Lipinski definition) is 2. The molecule has 1 aromatic carbocycles. The van der Waals surface area contributed by atoms with Gasteiger partial charge in [-0.2, -0.15) is 0 Å². The van der Waals surface area contributed by atoms with Crippen LogP contribution in [0.5, 0.6) is 5.75 Å². The summed E-state index contributed by atoms with van der Waals surface area (Å²) in [5, 5.41) is 0. The highest BCUT2D eigenvalue weighted by atomic mass is 16.5. The van der Waals surface area contributed by atoms with E-state index in [1.807, 2.05) is 24.3 Å². The third-order valence-electron chi connectivity index (χ3n) is 2.87. The zero-order valence-corrected chi connectivity index (χ0v) is 11.6. The maximum absolute atomic E-state index is 5.65. The lowest BCUT2D eigenvalue weighted by Crippen LogP contribution is -1.98. The van der Waals surface area contributed by atoms with E-state index in [0.29, 0.717) is 13.2 Å². The van der Waals surface area contributed by atoms with Crippen molar-refractivity contribution in [1.29, 1.82) is 0 Å². The fraction of sp³-hybridized carbons (Fsp3) is 0.500. The first kappa shape index (κ1) is 14.8. The summed E-state index contributed by atoms with van der Waals surface area (Å²) in [4.78, 5) is 0. The molecular formula is C16H24O2. The molecule has 1 aromatic rings. The van der Waals surface area contributed by atoms with E-state index in [0.717, 1.165) is 17.7 Å². The van der Waals surface area contributed by atoms with E-state index in [-0.39, 0.29) is 0 Å². The van der Waals surface area contributed by atoms with Crippen molar-refractivity contribution in [2.75, 3.05) is 13.7 Å². The lowest BCUT2D eigenvalue weighted by atomic mass is 10.1. The Morgan fingerprint density at radius 3 is 2.50 bits per heavy atom. The van der Waals surface area contributed by atoms with Gasteiger partial charge in [-0.15, -0.1) is 0 Å². The minimum atomic E-state index is 0.636. The van der Waals surface area contributed by atoms with Gasteiger partial charge < -0.3 is 9.47 Å². The molecule has 0 heterocycles. The molecule has 2 heteroatoms. The van der Waals surface area contributed by atoms with Crippen LogP contribution in [0, 0.1) is 0 Å². The van der Waals surface area contributed by atoms with Gasteiger partial charge in [-0.05, 0) is 30.5 Å². The molecule has 1 rings (SSSR count). The van der Waals surface area contributed by atoms with Gasteiger partial charge >= 0.3 is 0 Å². The number of rotatable bonds is 9. The van der Waals surface area contributed by atoms with E-state index in [4.69, 9.17) is 9.47 Å². The van der Waals surface area contributed by atoms with Gasteiger partial charge in [0, 0.05) is 0 Å². The first-order valence-corrected chi connectivity index (χ1v) is 6.63. The average Bonchev–Trinajstić information content (AvgIpc) is 2.40. The van der Waals surface area contributed by atoms with Gasteiger partial charge in [0.2, 0.25) is 0 Å². The number of benzene rings is 1. The second-order valence-corrected chi connectivity index (χ2v) is 4.55. The van der Waals surface area contributed by atoms with Crippen molar-refractivity contribution in [3.8, 4) is 5.75 Å². The van der Waals surface area contributed by atoms with E-state index in [2.05, 4.69) is 13.5 Å². The van der Waals surface area contributed by atoms with Crippen LogP contribution in [0.4, 0.5) is 0 Å². The molecule has 0 saturated heterocycles. The molecule has 0 aromatic heterocycles. The van der Waals surface area contributed by atoms with Crippen molar-refractivity contribution in [3.63, 3.8) is 0 Å². The summed E-state index contributed by atoms with van der Waals surface area (Å²) in [7, 11) is 1.67. The first-order chi connectivity index (χ1) is 8.76. The van der Waals surface area contributed by atoms with Crippen LogP contribution in [0.25, 0.3) is 0 Å². The third kappa shape index (κ3) is 5.87. The number of hydrogen-bond donors (Lipinski definition) is 0. The summed E-state index contributed by atoms with van der Waals surface area (Å²) < 4.78 is 10.8. The quantitative estimate of drug-likeness (QED) is 0.478. The van der Waals surface area contributed by atoms with E-state index >= 15 is 0 Å². The molecule has 0 radical (unpaired) electrons. The van der Waals surface area contributed by atoms with Crippen molar-refractivity contribution < 1.29 is 9.47 Å². The van der Waals surface area contributed by atoms with Crippen LogP contribution >= 0.6 is 0 Å². The van der Waals surface area contributed by atoms with Gasteiger partial charge in [0.05, 0.1) is 20.3 Å². The molecule has 0 saturated carbocycles. The summed E-state index contributed by atoms with van der Waals surface area (Å²) in [6.07, 6.45) is 4.83. The number of methoxy groups -OCH3 is 1. The largest absolute Gasteiger partial charge is 0.497 e. The monoisotopic (exact) mass is 248 g/mol. The predicted octanol–water partition coefficient (Wildman–Crippen LogP) is 4.35. The average molecular weight is 248 g/mol. The Kier molecular flexibility index (Phi) is 7.19. The van der Waals surface area contributed by atoms with Crippen molar-refractivity contribution in [3.05, 3.63) is 42.0 Å². The molecule has 0 N–H and O–H groups in total. The Balaban J connectivity index is 2.18. The van der Waals surface area contributed by atoms with E-state index in [1.54, 1.807) is 7.11 Å². The highest BCUT2D eigenvalue weighted by Gasteiger charge is 1.97. The minimum absolute atomic E-state index is 0.636. The standard InChI is InChI=1S/C16H24O2/c1-4-5-6-7-14(2)12-18-13-15-8-10-16(17-3)11-9-15/h8-11H,2,4-7,12-13H2,1,3H3. The minimum Gasteiger partial charge on any atom is -0.497 e. The van der Waals surface area contributed by atoms with Crippen LogP contribution < -0.4 is 4.74 Å². The SMILES string of the molecule is C=C(CCCCC)COCc1ccc(OC)cc1. The van der Waals surface area contributed by atoms with Gasteiger partial charge in [0.15, 0.2) is 0 Å². The van der Waals surface area contributed by atoms with Crippen LogP contribution in [0.2, 0.25) is 0 Å². The van der Waals surface area contributed by atoms with Crippen molar-refractivity contribution in [2.45, 2.75) is 39.2 Å². The lowest BCUT2D eigenvalue weighted by molar-refractivity contribution is 0.140. The predicted molar refractivity (Wildman–Crippen MR) is 75.9 cm³/mol. The number of ether oxygens (including phenoxy) is 2. The van der Waals surface area contributed by atoms with Crippen LogP contribution in [0.15, 0.2) is 36.4 Å². The van der Waals surface area contributed by atoms with Crippen molar-refractivity contribution in [2.24, 2.45) is 0 Å². The Morgan fingerprint density at radius 2 is 1.89 bits per heavy atom. The van der Waals surface area contributed by atoms with Gasteiger partial charge in [0.25, 0.3) is 0 Å². The molecule has 0 atom stereocenters. The molecule has 0 spiro atoms. The van der Waals surface area contributed by atoms with Crippen LogP contribution in [-0.2, 0) is 11.3 Å².